The van der Waals surface area contributed by atoms with Gasteiger partial charge in [0, 0.05) is 24.5 Å². The number of nitrogens with zero attached hydrogens (tertiary/aromatic N) is 1. The lowest BCUT2D eigenvalue weighted by molar-refractivity contribution is -0.137. The number of aromatic nitrogens is 1. The number of hydrogen-bond acceptors (Lipinski definition) is 5. The molecule has 0 saturated heterocycles. The average molecular weight is 286 g/mol. The van der Waals surface area contributed by atoms with E-state index in [4.69, 9.17) is 5.11 Å². The molecule has 104 valence electrons. The van der Waals surface area contributed by atoms with E-state index in [0.717, 1.165) is 5.01 Å². The Kier molecular flexibility index (Phi) is 6.30. The quantitative estimate of drug-likeness (QED) is 0.522. The van der Waals surface area contributed by atoms with Crippen LogP contribution in [0.15, 0.2) is 11.6 Å². The summed E-state index contributed by atoms with van der Waals surface area (Å²) in [5, 5.41) is 18.1. The number of carboxylic acid groups (broad SMARTS) is 1. The van der Waals surface area contributed by atoms with Crippen LogP contribution in [0.25, 0.3) is 0 Å². The third-order valence-corrected chi connectivity index (χ3v) is 2.79. The molecule has 0 aliphatic carbocycles. The van der Waals surface area contributed by atoms with E-state index in [-0.39, 0.29) is 6.54 Å². The van der Waals surface area contributed by atoms with E-state index in [1.165, 1.54) is 11.3 Å². The van der Waals surface area contributed by atoms with Gasteiger partial charge in [-0.1, -0.05) is 0 Å². The minimum atomic E-state index is -1.14. The number of carboxylic acids is 1. The lowest BCUT2D eigenvalue weighted by atomic mass is 10.4. The third kappa shape index (κ3) is 6.99. The normalized spacial score (nSPS) is 9.68. The number of aliphatic carboxylic acids is 1. The summed E-state index contributed by atoms with van der Waals surface area (Å²) in [6.07, 6.45) is 2.31. The van der Waals surface area contributed by atoms with Crippen molar-refractivity contribution < 1.29 is 19.5 Å². The molecule has 0 atom stereocenters. The number of carbonyl (C=O) groups excluding carboxylic acids is 2. The first-order chi connectivity index (χ1) is 9.08. The van der Waals surface area contributed by atoms with Crippen molar-refractivity contribution in [1.29, 1.82) is 0 Å². The average Bonchev–Trinajstić information content (AvgIpc) is 2.87. The lowest BCUT2D eigenvalue weighted by Gasteiger charge is -2.06. The molecule has 0 radical (unpaired) electrons. The first kappa shape index (κ1) is 14.9. The number of carbonyl (C=O) groups is 3. The number of hydrogen-bond donors (Lipinski definition) is 4. The molecular formula is C10H14N4O4S. The summed E-state index contributed by atoms with van der Waals surface area (Å²) in [6, 6.07) is -0.484. The Morgan fingerprint density at radius 2 is 2.00 bits per heavy atom. The van der Waals surface area contributed by atoms with Gasteiger partial charge in [0.1, 0.15) is 6.54 Å². The fourth-order valence-electron chi connectivity index (χ4n) is 1.12. The van der Waals surface area contributed by atoms with Gasteiger partial charge in [0.05, 0.1) is 11.6 Å². The van der Waals surface area contributed by atoms with Crippen LogP contribution in [0.3, 0.4) is 0 Å². The van der Waals surface area contributed by atoms with Crippen LogP contribution in [-0.2, 0) is 16.0 Å². The number of urea groups is 1. The topological polar surface area (TPSA) is 120 Å². The fourth-order valence-corrected chi connectivity index (χ4v) is 1.74. The number of amides is 3. The maximum absolute atomic E-state index is 11.3. The highest BCUT2D eigenvalue weighted by Gasteiger charge is 2.06. The Bertz CT molecular complexity index is 435. The largest absolute Gasteiger partial charge is 0.480 e. The molecule has 0 bridgehead atoms. The Hall–Kier alpha value is -2.16. The summed E-state index contributed by atoms with van der Waals surface area (Å²) in [7, 11) is 0. The van der Waals surface area contributed by atoms with Gasteiger partial charge < -0.3 is 21.1 Å². The van der Waals surface area contributed by atoms with Gasteiger partial charge in [-0.25, -0.2) is 9.78 Å². The lowest BCUT2D eigenvalue weighted by Crippen LogP contribution is -2.43. The molecule has 1 rings (SSSR count). The van der Waals surface area contributed by atoms with Gasteiger partial charge in [0.25, 0.3) is 0 Å². The number of thiazole rings is 1. The summed E-state index contributed by atoms with van der Waals surface area (Å²) in [4.78, 5) is 36.6. The van der Waals surface area contributed by atoms with Crippen LogP contribution < -0.4 is 16.0 Å². The Balaban J connectivity index is 2.07. The molecule has 0 aliphatic rings. The van der Waals surface area contributed by atoms with Crippen molar-refractivity contribution in [2.75, 3.05) is 19.6 Å². The number of nitrogens with one attached hydrogen (secondary N) is 3. The highest BCUT2D eigenvalue weighted by molar-refractivity contribution is 7.09. The molecule has 19 heavy (non-hydrogen) atoms. The molecular weight excluding hydrogens is 272 g/mol. The molecule has 8 nitrogen and oxygen atoms in total. The molecule has 3 amide bonds. The molecule has 1 aromatic heterocycles. The van der Waals surface area contributed by atoms with E-state index >= 15 is 0 Å². The van der Waals surface area contributed by atoms with E-state index < -0.39 is 24.5 Å². The van der Waals surface area contributed by atoms with Crippen LogP contribution in [0.4, 0.5) is 4.79 Å². The minimum Gasteiger partial charge on any atom is -0.480 e. The SMILES string of the molecule is O=C(O)CNC(=O)CNC(=O)NCCc1nccs1. The van der Waals surface area contributed by atoms with Crippen LogP contribution in [0.1, 0.15) is 5.01 Å². The van der Waals surface area contributed by atoms with Crippen molar-refractivity contribution in [3.05, 3.63) is 16.6 Å². The maximum atomic E-state index is 11.3. The molecule has 1 aromatic rings. The second-order valence-electron chi connectivity index (χ2n) is 3.46. The highest BCUT2D eigenvalue weighted by Crippen LogP contribution is 2.03. The third-order valence-electron chi connectivity index (χ3n) is 1.95. The fraction of sp³-hybridized carbons (Fsp3) is 0.400. The smallest absolute Gasteiger partial charge is 0.322 e. The molecule has 0 aliphatic heterocycles. The number of rotatable bonds is 7. The predicted octanol–water partition coefficient (Wildman–Crippen LogP) is -0.814. The second-order valence-corrected chi connectivity index (χ2v) is 4.43. The van der Waals surface area contributed by atoms with Crippen molar-refractivity contribution in [3.8, 4) is 0 Å². The van der Waals surface area contributed by atoms with Gasteiger partial charge in [-0.2, -0.15) is 0 Å². The van der Waals surface area contributed by atoms with Crippen molar-refractivity contribution in [2.45, 2.75) is 6.42 Å². The molecule has 0 spiro atoms. The zero-order valence-corrected chi connectivity index (χ0v) is 10.8. The maximum Gasteiger partial charge on any atom is 0.322 e. The zero-order valence-electron chi connectivity index (χ0n) is 10.0. The summed E-state index contributed by atoms with van der Waals surface area (Å²) < 4.78 is 0. The summed E-state index contributed by atoms with van der Waals surface area (Å²) >= 11 is 1.50. The van der Waals surface area contributed by atoms with Gasteiger partial charge in [-0.3, -0.25) is 9.59 Å². The van der Waals surface area contributed by atoms with Crippen molar-refractivity contribution in [1.82, 2.24) is 20.9 Å². The van der Waals surface area contributed by atoms with Gasteiger partial charge in [-0.05, 0) is 0 Å². The molecule has 9 heteroatoms. The van der Waals surface area contributed by atoms with Gasteiger partial charge in [0.15, 0.2) is 0 Å². The Morgan fingerprint density at radius 1 is 1.21 bits per heavy atom. The standard InChI is InChI=1S/C10H14N4O4S/c15-7(13-6-9(16)17)5-14-10(18)12-2-1-8-11-3-4-19-8/h3-4H,1-2,5-6H2,(H,13,15)(H,16,17)(H2,12,14,18). The van der Waals surface area contributed by atoms with Gasteiger partial charge in [0.2, 0.25) is 5.91 Å². The van der Waals surface area contributed by atoms with Crippen LogP contribution in [0.2, 0.25) is 0 Å². The van der Waals surface area contributed by atoms with Crippen LogP contribution in [0, 0.1) is 0 Å². The van der Waals surface area contributed by atoms with Crippen LogP contribution in [-0.4, -0.2) is 47.6 Å². The van der Waals surface area contributed by atoms with Gasteiger partial charge in [-0.15, -0.1) is 11.3 Å². The van der Waals surface area contributed by atoms with Crippen LogP contribution >= 0.6 is 11.3 Å². The molecule has 1 heterocycles. The molecule has 0 unspecified atom stereocenters. The van der Waals surface area contributed by atoms with E-state index in [1.54, 1.807) is 6.20 Å². The van der Waals surface area contributed by atoms with Crippen LogP contribution in [0.5, 0.6) is 0 Å². The summed E-state index contributed by atoms with van der Waals surface area (Å²) in [5.41, 5.74) is 0. The molecule has 4 N–H and O–H groups in total. The molecule has 0 saturated carbocycles. The monoisotopic (exact) mass is 286 g/mol. The first-order valence-electron chi connectivity index (χ1n) is 5.46. The zero-order chi connectivity index (χ0) is 14.1. The van der Waals surface area contributed by atoms with Crippen molar-refractivity contribution in [3.63, 3.8) is 0 Å². The van der Waals surface area contributed by atoms with E-state index in [1.807, 2.05) is 5.38 Å². The molecule has 0 fully saturated rings. The van der Waals surface area contributed by atoms with E-state index in [0.29, 0.717) is 13.0 Å². The second kappa shape index (κ2) is 8.03. The minimum absolute atomic E-state index is 0.267. The Morgan fingerprint density at radius 3 is 2.63 bits per heavy atom. The predicted molar refractivity (Wildman–Crippen MR) is 67.9 cm³/mol. The van der Waals surface area contributed by atoms with E-state index in [9.17, 15) is 14.4 Å². The first-order valence-corrected chi connectivity index (χ1v) is 6.34. The van der Waals surface area contributed by atoms with Crippen molar-refractivity contribution >= 4 is 29.2 Å². The summed E-state index contributed by atoms with van der Waals surface area (Å²) in [6.45, 7) is -0.321. The molecule has 0 aromatic carbocycles. The van der Waals surface area contributed by atoms with Gasteiger partial charge >= 0.3 is 12.0 Å². The Labute approximate surface area is 113 Å². The van der Waals surface area contributed by atoms with Crippen molar-refractivity contribution in [2.24, 2.45) is 0 Å². The highest BCUT2D eigenvalue weighted by atomic mass is 32.1. The van der Waals surface area contributed by atoms with E-state index in [2.05, 4.69) is 20.9 Å². The summed E-state index contributed by atoms with van der Waals surface area (Å²) in [5.74, 6) is -1.70.